The van der Waals surface area contributed by atoms with Gasteiger partial charge in [-0.05, 0) is 12.5 Å². The van der Waals surface area contributed by atoms with Crippen LogP contribution in [0.15, 0.2) is 36.4 Å². The Morgan fingerprint density at radius 2 is 1.95 bits per heavy atom. The SMILES string of the molecule is C=C(C(=O)OCCC)C(F)c1ccccc1C(F)(F)F. The second-order valence-corrected chi connectivity index (χ2v) is 4.11. The van der Waals surface area contributed by atoms with Gasteiger partial charge in [-0.25, -0.2) is 9.18 Å². The highest BCUT2D eigenvalue weighted by Crippen LogP contribution is 2.37. The first kappa shape index (κ1) is 16.2. The molecule has 0 aliphatic carbocycles. The summed E-state index contributed by atoms with van der Waals surface area (Å²) in [5, 5.41) is 0. The number of alkyl halides is 4. The lowest BCUT2D eigenvalue weighted by Crippen LogP contribution is -2.16. The predicted molar refractivity (Wildman–Crippen MR) is 65.7 cm³/mol. The van der Waals surface area contributed by atoms with Crippen molar-refractivity contribution in [2.24, 2.45) is 0 Å². The third-order valence-electron chi connectivity index (χ3n) is 2.54. The van der Waals surface area contributed by atoms with E-state index in [2.05, 4.69) is 11.3 Å². The van der Waals surface area contributed by atoms with E-state index in [-0.39, 0.29) is 6.61 Å². The molecule has 1 aromatic carbocycles. The molecule has 0 saturated heterocycles. The Hall–Kier alpha value is -1.85. The molecule has 2 nitrogen and oxygen atoms in total. The Labute approximate surface area is 114 Å². The minimum Gasteiger partial charge on any atom is -0.462 e. The lowest BCUT2D eigenvalue weighted by Gasteiger charge is -2.16. The standard InChI is InChI=1S/C14H14F4O2/c1-3-8-20-13(19)9(2)12(15)10-6-4-5-7-11(10)14(16,17)18/h4-7,12H,2-3,8H2,1H3. The van der Waals surface area contributed by atoms with Crippen LogP contribution in [-0.4, -0.2) is 12.6 Å². The van der Waals surface area contributed by atoms with Gasteiger partial charge < -0.3 is 4.74 Å². The van der Waals surface area contributed by atoms with Gasteiger partial charge in [0.25, 0.3) is 0 Å². The molecule has 1 aromatic rings. The van der Waals surface area contributed by atoms with Crippen molar-refractivity contribution < 1.29 is 27.1 Å². The molecule has 0 saturated carbocycles. The molecule has 6 heteroatoms. The minimum absolute atomic E-state index is 0.0610. The first-order chi connectivity index (χ1) is 9.29. The third kappa shape index (κ3) is 3.82. The molecule has 0 spiro atoms. The highest BCUT2D eigenvalue weighted by molar-refractivity contribution is 5.89. The van der Waals surface area contributed by atoms with E-state index >= 15 is 0 Å². The topological polar surface area (TPSA) is 26.3 Å². The van der Waals surface area contributed by atoms with Crippen molar-refractivity contribution in [3.05, 3.63) is 47.5 Å². The van der Waals surface area contributed by atoms with Crippen LogP contribution in [0.4, 0.5) is 17.6 Å². The molecule has 0 aliphatic rings. The maximum Gasteiger partial charge on any atom is 0.416 e. The Morgan fingerprint density at radius 1 is 1.35 bits per heavy atom. The van der Waals surface area contributed by atoms with Gasteiger partial charge in [0.2, 0.25) is 0 Å². The number of halogens is 4. The zero-order valence-electron chi connectivity index (χ0n) is 10.8. The molecule has 0 bridgehead atoms. The molecule has 110 valence electrons. The molecule has 0 fully saturated rings. The molecule has 0 amide bonds. The Balaban J connectivity index is 3.01. The molecule has 1 unspecified atom stereocenters. The normalized spacial score (nSPS) is 12.8. The van der Waals surface area contributed by atoms with Crippen molar-refractivity contribution in [2.45, 2.75) is 25.7 Å². The Morgan fingerprint density at radius 3 is 2.50 bits per heavy atom. The van der Waals surface area contributed by atoms with Crippen LogP contribution in [0.5, 0.6) is 0 Å². The average molecular weight is 290 g/mol. The van der Waals surface area contributed by atoms with Gasteiger partial charge in [-0.3, -0.25) is 0 Å². The van der Waals surface area contributed by atoms with E-state index in [1.54, 1.807) is 6.92 Å². The van der Waals surface area contributed by atoms with Crippen molar-refractivity contribution in [3.63, 3.8) is 0 Å². The summed E-state index contributed by atoms with van der Waals surface area (Å²) >= 11 is 0. The maximum atomic E-state index is 14.1. The number of rotatable bonds is 5. The highest BCUT2D eigenvalue weighted by Gasteiger charge is 2.36. The van der Waals surface area contributed by atoms with Crippen LogP contribution in [0.3, 0.4) is 0 Å². The molecule has 20 heavy (non-hydrogen) atoms. The average Bonchev–Trinajstić information content (AvgIpc) is 2.42. The van der Waals surface area contributed by atoms with Gasteiger partial charge in [0.1, 0.15) is 0 Å². The predicted octanol–water partition coefficient (Wildman–Crippen LogP) is 4.23. The largest absolute Gasteiger partial charge is 0.462 e. The van der Waals surface area contributed by atoms with Crippen molar-refractivity contribution in [1.29, 1.82) is 0 Å². The number of esters is 1. The number of carbonyl (C=O) groups excluding carboxylic acids is 1. The van der Waals surface area contributed by atoms with E-state index in [4.69, 9.17) is 0 Å². The van der Waals surface area contributed by atoms with Crippen LogP contribution in [0.1, 0.15) is 30.6 Å². The van der Waals surface area contributed by atoms with E-state index < -0.39 is 35.0 Å². The molecule has 0 aliphatic heterocycles. The van der Waals surface area contributed by atoms with E-state index in [1.165, 1.54) is 6.07 Å². The van der Waals surface area contributed by atoms with Crippen molar-refractivity contribution in [3.8, 4) is 0 Å². The first-order valence-electron chi connectivity index (χ1n) is 5.95. The zero-order valence-corrected chi connectivity index (χ0v) is 10.8. The van der Waals surface area contributed by atoms with E-state index in [0.29, 0.717) is 6.42 Å². The molecular formula is C14H14F4O2. The Bertz CT molecular complexity index is 494. The smallest absolute Gasteiger partial charge is 0.416 e. The van der Waals surface area contributed by atoms with Crippen molar-refractivity contribution in [2.75, 3.05) is 6.61 Å². The van der Waals surface area contributed by atoms with Crippen LogP contribution in [-0.2, 0) is 15.7 Å². The van der Waals surface area contributed by atoms with Gasteiger partial charge in [-0.15, -0.1) is 0 Å². The van der Waals surface area contributed by atoms with Crippen LogP contribution in [0.25, 0.3) is 0 Å². The van der Waals surface area contributed by atoms with Gasteiger partial charge >= 0.3 is 12.1 Å². The lowest BCUT2D eigenvalue weighted by molar-refractivity contribution is -0.141. The highest BCUT2D eigenvalue weighted by atomic mass is 19.4. The summed E-state index contributed by atoms with van der Waals surface area (Å²) in [4.78, 5) is 11.4. The number of benzene rings is 1. The van der Waals surface area contributed by atoms with Gasteiger partial charge in [-0.2, -0.15) is 13.2 Å². The van der Waals surface area contributed by atoms with Gasteiger partial charge in [0.15, 0.2) is 6.17 Å². The number of hydrogen-bond acceptors (Lipinski definition) is 2. The summed E-state index contributed by atoms with van der Waals surface area (Å²) in [7, 11) is 0. The van der Waals surface area contributed by atoms with E-state index in [9.17, 15) is 22.4 Å². The number of ether oxygens (including phenoxy) is 1. The summed E-state index contributed by atoms with van der Waals surface area (Å²) in [6, 6.07) is 4.15. The third-order valence-corrected chi connectivity index (χ3v) is 2.54. The fourth-order valence-electron chi connectivity index (χ4n) is 1.55. The van der Waals surface area contributed by atoms with Gasteiger partial charge in [-0.1, -0.05) is 31.7 Å². The molecule has 1 rings (SSSR count). The number of carbonyl (C=O) groups is 1. The van der Waals surface area contributed by atoms with Crippen LogP contribution < -0.4 is 0 Å². The quantitative estimate of drug-likeness (QED) is 0.461. The molecular weight excluding hydrogens is 276 g/mol. The second kappa shape index (κ2) is 6.54. The molecule has 1 atom stereocenters. The molecule has 0 heterocycles. The van der Waals surface area contributed by atoms with E-state index in [1.807, 2.05) is 0 Å². The van der Waals surface area contributed by atoms with Crippen LogP contribution in [0.2, 0.25) is 0 Å². The van der Waals surface area contributed by atoms with Crippen LogP contribution in [0, 0.1) is 0 Å². The summed E-state index contributed by atoms with van der Waals surface area (Å²) in [6.45, 7) is 4.99. The summed E-state index contributed by atoms with van der Waals surface area (Å²) < 4.78 is 57.0. The summed E-state index contributed by atoms with van der Waals surface area (Å²) in [5.74, 6) is -1.03. The maximum absolute atomic E-state index is 14.1. The van der Waals surface area contributed by atoms with Crippen molar-refractivity contribution >= 4 is 5.97 Å². The second-order valence-electron chi connectivity index (χ2n) is 4.11. The zero-order chi connectivity index (χ0) is 15.3. The first-order valence-corrected chi connectivity index (χ1v) is 5.95. The van der Waals surface area contributed by atoms with Gasteiger partial charge in [0.05, 0.1) is 17.7 Å². The van der Waals surface area contributed by atoms with E-state index in [0.717, 1.165) is 18.2 Å². The van der Waals surface area contributed by atoms with Gasteiger partial charge in [0, 0.05) is 5.56 Å². The number of hydrogen-bond donors (Lipinski definition) is 0. The monoisotopic (exact) mass is 290 g/mol. The summed E-state index contributed by atoms with van der Waals surface area (Å²) in [6.07, 6.45) is -6.43. The van der Waals surface area contributed by atoms with Crippen molar-refractivity contribution in [1.82, 2.24) is 0 Å². The lowest BCUT2D eigenvalue weighted by atomic mass is 9.98. The van der Waals surface area contributed by atoms with Crippen LogP contribution >= 0.6 is 0 Å². The Kier molecular flexibility index (Phi) is 5.30. The molecule has 0 N–H and O–H groups in total. The fourth-order valence-corrected chi connectivity index (χ4v) is 1.55. The summed E-state index contributed by atoms with van der Waals surface area (Å²) in [5.41, 5.74) is -2.41. The molecule has 0 radical (unpaired) electrons. The molecule has 0 aromatic heterocycles. The minimum atomic E-state index is -4.70. The fraction of sp³-hybridized carbons (Fsp3) is 0.357.